The van der Waals surface area contributed by atoms with Gasteiger partial charge < -0.3 is 24.8 Å². The number of hydrogen-bond acceptors (Lipinski definition) is 0. The molecule has 0 fully saturated rings. The van der Waals surface area contributed by atoms with E-state index in [1.807, 2.05) is 0 Å². The summed E-state index contributed by atoms with van der Waals surface area (Å²) in [4.78, 5) is 0. The van der Waals surface area contributed by atoms with Crippen LogP contribution in [0.4, 0.5) is 0 Å². The van der Waals surface area contributed by atoms with Gasteiger partial charge in [0.25, 0.3) is 0 Å². The first kappa shape index (κ1) is 27.8. The van der Waals surface area contributed by atoms with Crippen LogP contribution in [0.1, 0.15) is 71.1 Å². The molecule has 0 aromatic heterocycles. The third kappa shape index (κ3) is 4.99. The van der Waals surface area contributed by atoms with Gasteiger partial charge in [0.1, 0.15) is 0 Å². The zero-order chi connectivity index (χ0) is 21.8. The van der Waals surface area contributed by atoms with E-state index in [0.29, 0.717) is 0 Å². The van der Waals surface area contributed by atoms with Crippen LogP contribution in [0.3, 0.4) is 0 Å². The number of halogens is 2. The second kappa shape index (κ2) is 10.1. The van der Waals surface area contributed by atoms with E-state index in [1.165, 1.54) is 11.1 Å². The molecule has 0 N–H and O–H groups in total. The molecule has 170 valence electrons. The van der Waals surface area contributed by atoms with Crippen LogP contribution in [0.2, 0.25) is 13.1 Å². The van der Waals surface area contributed by atoms with Gasteiger partial charge in [-0.25, -0.2) is 0 Å². The molecule has 0 nitrogen and oxygen atoms in total. The van der Waals surface area contributed by atoms with Crippen LogP contribution in [-0.4, -0.2) is 5.49 Å². The van der Waals surface area contributed by atoms with E-state index in [0.717, 1.165) is 7.35 Å². The summed E-state index contributed by atoms with van der Waals surface area (Å²) in [6.07, 6.45) is 5.13. The van der Waals surface area contributed by atoms with Gasteiger partial charge >= 0.3 is 192 Å². The van der Waals surface area contributed by atoms with Crippen LogP contribution >= 0.6 is 0 Å². The van der Waals surface area contributed by atoms with Crippen LogP contribution in [0.5, 0.6) is 0 Å². The maximum Gasteiger partial charge on any atom is -1.00 e. The molecule has 0 radical (unpaired) electrons. The number of hydrogen-bond donors (Lipinski definition) is 0. The molecule has 0 heterocycles. The monoisotopic (exact) mass is 650 g/mol. The smallest absolute Gasteiger partial charge is 1.00 e. The SMILES string of the molecule is C[Si](C)=[Hf+2]([C@@H]1C(C(C)(C)C)=Cc2ccccc21)[C@H]1C(C(C)(C)C)=Cc2ccccc21.[Cl-].[Cl-]. The molecule has 2 aromatic carbocycles. The molecule has 0 saturated carbocycles. The Bertz CT molecular complexity index is 1010. The summed E-state index contributed by atoms with van der Waals surface area (Å²) in [6.45, 7) is 19.9. The first-order valence-electron chi connectivity index (χ1n) is 11.3. The third-order valence-corrected chi connectivity index (χ3v) is 34.1. The molecule has 0 unspecified atom stereocenters. The van der Waals surface area contributed by atoms with Crippen molar-refractivity contribution in [3.05, 3.63) is 81.9 Å². The van der Waals surface area contributed by atoms with Crippen molar-refractivity contribution in [2.24, 2.45) is 10.8 Å². The maximum atomic E-state index is 2.63. The summed E-state index contributed by atoms with van der Waals surface area (Å²) < 4.78 is 1.44. The van der Waals surface area contributed by atoms with Crippen LogP contribution in [0.25, 0.3) is 12.2 Å². The number of rotatable bonds is 2. The summed E-state index contributed by atoms with van der Waals surface area (Å²) in [5.74, 6) is 0. The second-order valence-corrected chi connectivity index (χ2v) is 36.2. The first-order chi connectivity index (χ1) is 14.0. The maximum absolute atomic E-state index is 2.63. The van der Waals surface area contributed by atoms with Gasteiger partial charge in [-0.2, -0.15) is 0 Å². The summed E-state index contributed by atoms with van der Waals surface area (Å²) in [6, 6.07) is 18.6. The van der Waals surface area contributed by atoms with Crippen LogP contribution < -0.4 is 24.8 Å². The predicted molar refractivity (Wildman–Crippen MR) is 131 cm³/mol. The molecule has 2 aromatic rings. The largest absolute Gasteiger partial charge is 1.00 e. The quantitative estimate of drug-likeness (QED) is 0.438. The molecule has 2 aliphatic carbocycles. The van der Waals surface area contributed by atoms with Crippen molar-refractivity contribution in [2.45, 2.75) is 62.0 Å². The van der Waals surface area contributed by atoms with E-state index >= 15 is 0 Å². The van der Waals surface area contributed by atoms with Gasteiger partial charge in [0.05, 0.1) is 0 Å². The van der Waals surface area contributed by atoms with Crippen LogP contribution in [-0.2, 0) is 20.1 Å². The Hall–Kier alpha value is -0.413. The number of benzene rings is 2. The molecule has 0 saturated heterocycles. The van der Waals surface area contributed by atoms with Crippen molar-refractivity contribution in [1.29, 1.82) is 0 Å². The topological polar surface area (TPSA) is 0 Å². The zero-order valence-corrected chi connectivity index (χ0v) is 26.8. The minimum Gasteiger partial charge on any atom is -1.00 e. The molecule has 0 bridgehead atoms. The molecule has 2 atom stereocenters. The third-order valence-electron chi connectivity index (χ3n) is 6.79. The van der Waals surface area contributed by atoms with Gasteiger partial charge in [0.2, 0.25) is 0 Å². The summed E-state index contributed by atoms with van der Waals surface area (Å²) in [7, 11) is 0. The van der Waals surface area contributed by atoms with Gasteiger partial charge in [-0.05, 0) is 0 Å². The minimum absolute atomic E-state index is 0. The van der Waals surface area contributed by atoms with E-state index in [2.05, 4.69) is 115 Å². The minimum atomic E-state index is -2.24. The fraction of sp³-hybridized carbons (Fsp3) is 0.429. The Kier molecular flexibility index (Phi) is 8.75. The standard InChI is InChI=1S/2C13H15.C2H6Si.2ClH.Hf/c2*1-13(2,3)12-8-10-6-4-5-7-11(10)9-12;1-3-2;;;/h2*4-9H,1-3H3;1-2H3;2*1H;/q;;;;;+2/p-2. The van der Waals surface area contributed by atoms with E-state index in [4.69, 9.17) is 0 Å². The van der Waals surface area contributed by atoms with Gasteiger partial charge in [0.15, 0.2) is 0 Å². The van der Waals surface area contributed by atoms with Gasteiger partial charge in [-0.1, -0.05) is 0 Å². The van der Waals surface area contributed by atoms with Crippen LogP contribution in [0.15, 0.2) is 59.7 Å². The molecule has 0 spiro atoms. The predicted octanol–water partition coefficient (Wildman–Crippen LogP) is 2.23. The van der Waals surface area contributed by atoms with Crippen molar-refractivity contribution in [3.8, 4) is 0 Å². The van der Waals surface area contributed by atoms with Gasteiger partial charge in [0, 0.05) is 0 Å². The molecule has 4 heteroatoms. The molecular formula is C28H36Cl2HfSi. The van der Waals surface area contributed by atoms with E-state index in [1.54, 1.807) is 22.3 Å². The number of fused-ring (bicyclic) bond motifs is 2. The van der Waals surface area contributed by atoms with Gasteiger partial charge in [-0.3, -0.25) is 0 Å². The Balaban J connectivity index is 0.00000181. The summed E-state index contributed by atoms with van der Waals surface area (Å²) >= 11 is -2.24. The Morgan fingerprint density at radius 1 is 0.625 bits per heavy atom. The molecule has 4 rings (SSSR count). The fourth-order valence-electron chi connectivity index (χ4n) is 5.36. The van der Waals surface area contributed by atoms with E-state index in [9.17, 15) is 0 Å². The molecule has 0 amide bonds. The number of allylic oxidation sites excluding steroid dienone is 2. The van der Waals surface area contributed by atoms with Crippen molar-refractivity contribution < 1.29 is 44.9 Å². The average Bonchev–Trinajstić information content (AvgIpc) is 3.22. The van der Waals surface area contributed by atoms with Crippen molar-refractivity contribution in [3.63, 3.8) is 0 Å². The van der Waals surface area contributed by atoms with Crippen LogP contribution in [0, 0.1) is 10.8 Å². The fourth-order valence-corrected chi connectivity index (χ4v) is 35.7. The summed E-state index contributed by atoms with van der Waals surface area (Å²) in [5, 5.41) is 0. The second-order valence-electron chi connectivity index (χ2n) is 11.3. The molecule has 32 heavy (non-hydrogen) atoms. The normalized spacial score (nSPS) is 18.8. The Morgan fingerprint density at radius 2 is 0.969 bits per heavy atom. The van der Waals surface area contributed by atoms with Crippen molar-refractivity contribution >= 4 is 17.6 Å². The average molecular weight is 650 g/mol. The summed E-state index contributed by atoms with van der Waals surface area (Å²) in [5.41, 5.74) is 9.78. The van der Waals surface area contributed by atoms with Crippen molar-refractivity contribution in [2.75, 3.05) is 0 Å². The van der Waals surface area contributed by atoms with Gasteiger partial charge in [-0.15, -0.1) is 0 Å². The Labute approximate surface area is 215 Å². The van der Waals surface area contributed by atoms with E-state index in [-0.39, 0.29) is 41.1 Å². The zero-order valence-electron chi connectivity index (χ0n) is 20.7. The Morgan fingerprint density at radius 3 is 1.28 bits per heavy atom. The van der Waals surface area contributed by atoms with Crippen molar-refractivity contribution in [1.82, 2.24) is 0 Å². The van der Waals surface area contributed by atoms with E-state index < -0.39 is 20.1 Å². The molecular weight excluding hydrogens is 614 g/mol. The molecule has 0 aliphatic heterocycles. The first-order valence-corrected chi connectivity index (χ1v) is 23.3. The molecule has 2 aliphatic rings.